The number of rotatable bonds is 2. The molecule has 1 heterocycles. The normalized spacial score (nSPS) is 10.4. The van der Waals surface area contributed by atoms with Gasteiger partial charge in [0.25, 0.3) is 0 Å². The second-order valence-electron chi connectivity index (χ2n) is 2.74. The van der Waals surface area contributed by atoms with E-state index in [0.717, 1.165) is 16.1 Å². The summed E-state index contributed by atoms with van der Waals surface area (Å²) in [5, 5.41) is 0. The minimum absolute atomic E-state index is 0.396. The van der Waals surface area contributed by atoms with Crippen molar-refractivity contribution < 1.29 is 0 Å². The molecule has 0 N–H and O–H groups in total. The maximum atomic E-state index is 5.84. The Hall–Kier alpha value is -0.570. The molecule has 0 saturated carbocycles. The molecule has 0 spiro atoms. The molecule has 1 aromatic heterocycles. The van der Waals surface area contributed by atoms with Gasteiger partial charge in [-0.1, -0.05) is 41.9 Å². The van der Waals surface area contributed by atoms with Crippen LogP contribution in [-0.2, 0) is 5.88 Å². The van der Waals surface area contributed by atoms with Crippen LogP contribution >= 0.6 is 34.5 Å². The minimum Gasteiger partial charge on any atom is -0.228 e. The van der Waals surface area contributed by atoms with Crippen LogP contribution in [0.4, 0.5) is 0 Å². The van der Waals surface area contributed by atoms with Gasteiger partial charge in [-0.25, -0.2) is 4.98 Å². The maximum absolute atomic E-state index is 5.84. The molecule has 14 heavy (non-hydrogen) atoms. The van der Waals surface area contributed by atoms with Gasteiger partial charge in [0, 0.05) is 0 Å². The zero-order chi connectivity index (χ0) is 9.97. The highest BCUT2D eigenvalue weighted by atomic mass is 35.5. The standard InChI is InChI=1S/C10H7Cl2NS/c11-6-8-9(14-10(12)13-8)7-4-2-1-3-5-7/h1-5H,6H2. The molecule has 1 aromatic carbocycles. The average molecular weight is 244 g/mol. The van der Waals surface area contributed by atoms with Gasteiger partial charge in [0.15, 0.2) is 4.47 Å². The van der Waals surface area contributed by atoms with Crippen LogP contribution in [0.25, 0.3) is 10.4 Å². The minimum atomic E-state index is 0.396. The van der Waals surface area contributed by atoms with Gasteiger partial charge in [0.05, 0.1) is 16.5 Å². The SMILES string of the molecule is ClCc1nc(Cl)sc1-c1ccccc1. The molecule has 2 aromatic rings. The highest BCUT2D eigenvalue weighted by Crippen LogP contribution is 2.33. The van der Waals surface area contributed by atoms with E-state index in [4.69, 9.17) is 23.2 Å². The Morgan fingerprint density at radius 2 is 1.93 bits per heavy atom. The van der Waals surface area contributed by atoms with E-state index in [-0.39, 0.29) is 0 Å². The van der Waals surface area contributed by atoms with Gasteiger partial charge in [0.1, 0.15) is 0 Å². The average Bonchev–Trinajstić information content (AvgIpc) is 2.61. The molecule has 0 fully saturated rings. The number of nitrogens with zero attached hydrogens (tertiary/aromatic N) is 1. The smallest absolute Gasteiger partial charge is 0.184 e. The highest BCUT2D eigenvalue weighted by Gasteiger charge is 2.10. The summed E-state index contributed by atoms with van der Waals surface area (Å²) >= 11 is 13.1. The predicted octanol–water partition coefficient (Wildman–Crippen LogP) is 4.20. The lowest BCUT2D eigenvalue weighted by atomic mass is 10.2. The monoisotopic (exact) mass is 243 g/mol. The number of alkyl halides is 1. The molecule has 0 aliphatic heterocycles. The number of hydrogen-bond acceptors (Lipinski definition) is 2. The summed E-state index contributed by atoms with van der Waals surface area (Å²) in [5.41, 5.74) is 1.97. The molecule has 0 bridgehead atoms. The van der Waals surface area contributed by atoms with Gasteiger partial charge in [-0.3, -0.25) is 0 Å². The van der Waals surface area contributed by atoms with Crippen LogP contribution in [0.3, 0.4) is 0 Å². The summed E-state index contributed by atoms with van der Waals surface area (Å²) in [6.45, 7) is 0. The molecule has 0 aliphatic carbocycles. The van der Waals surface area contributed by atoms with Crippen molar-refractivity contribution in [3.8, 4) is 10.4 Å². The van der Waals surface area contributed by atoms with Crippen LogP contribution in [0.2, 0.25) is 4.47 Å². The zero-order valence-corrected chi connectivity index (χ0v) is 9.53. The first-order valence-corrected chi connectivity index (χ1v) is 5.80. The summed E-state index contributed by atoms with van der Waals surface area (Å²) in [6.07, 6.45) is 0. The lowest BCUT2D eigenvalue weighted by molar-refractivity contribution is 1.23. The molecular weight excluding hydrogens is 237 g/mol. The van der Waals surface area contributed by atoms with Gasteiger partial charge in [-0.05, 0) is 5.56 Å². The van der Waals surface area contributed by atoms with E-state index < -0.39 is 0 Å². The Morgan fingerprint density at radius 1 is 1.21 bits per heavy atom. The van der Waals surface area contributed by atoms with Gasteiger partial charge in [0.2, 0.25) is 0 Å². The van der Waals surface area contributed by atoms with Crippen LogP contribution < -0.4 is 0 Å². The molecule has 0 atom stereocenters. The molecule has 0 unspecified atom stereocenters. The van der Waals surface area contributed by atoms with Crippen molar-refractivity contribution >= 4 is 34.5 Å². The van der Waals surface area contributed by atoms with Crippen LogP contribution in [0.15, 0.2) is 30.3 Å². The van der Waals surface area contributed by atoms with Gasteiger partial charge in [-0.2, -0.15) is 0 Å². The highest BCUT2D eigenvalue weighted by molar-refractivity contribution is 7.19. The first kappa shape index (κ1) is 9.97. The van der Waals surface area contributed by atoms with Gasteiger partial charge in [-0.15, -0.1) is 22.9 Å². The number of halogens is 2. The molecule has 1 nitrogen and oxygen atoms in total. The largest absolute Gasteiger partial charge is 0.228 e. The Morgan fingerprint density at radius 3 is 2.57 bits per heavy atom. The molecule has 0 amide bonds. The van der Waals surface area contributed by atoms with Crippen LogP contribution in [0, 0.1) is 0 Å². The number of hydrogen-bond donors (Lipinski definition) is 0. The summed E-state index contributed by atoms with van der Waals surface area (Å²) in [5.74, 6) is 0.396. The van der Waals surface area contributed by atoms with E-state index >= 15 is 0 Å². The molecule has 0 saturated heterocycles. The predicted molar refractivity (Wildman–Crippen MR) is 62.1 cm³/mol. The third-order valence-corrected chi connectivity index (χ3v) is 3.34. The lowest BCUT2D eigenvalue weighted by Gasteiger charge is -1.97. The Kier molecular flexibility index (Phi) is 3.06. The van der Waals surface area contributed by atoms with E-state index in [1.54, 1.807) is 0 Å². The van der Waals surface area contributed by atoms with Gasteiger partial charge >= 0.3 is 0 Å². The van der Waals surface area contributed by atoms with Crippen molar-refractivity contribution in [3.05, 3.63) is 40.5 Å². The maximum Gasteiger partial charge on any atom is 0.184 e. The second kappa shape index (κ2) is 4.30. The molecule has 0 radical (unpaired) electrons. The van der Waals surface area contributed by atoms with Crippen molar-refractivity contribution in [2.75, 3.05) is 0 Å². The summed E-state index contributed by atoms with van der Waals surface area (Å²) in [6, 6.07) is 10.0. The fourth-order valence-electron chi connectivity index (χ4n) is 1.23. The van der Waals surface area contributed by atoms with Crippen LogP contribution in [0.5, 0.6) is 0 Å². The Labute approximate surface area is 96.3 Å². The number of benzene rings is 1. The molecular formula is C10H7Cl2NS. The summed E-state index contributed by atoms with van der Waals surface area (Å²) in [4.78, 5) is 5.22. The molecule has 72 valence electrons. The Bertz CT molecular complexity index is 425. The fourth-order valence-corrected chi connectivity index (χ4v) is 2.65. The second-order valence-corrected chi connectivity index (χ2v) is 4.59. The molecule has 0 aliphatic rings. The fraction of sp³-hybridized carbons (Fsp3) is 0.100. The van der Waals surface area contributed by atoms with E-state index in [2.05, 4.69) is 4.98 Å². The van der Waals surface area contributed by atoms with E-state index in [9.17, 15) is 0 Å². The summed E-state index contributed by atoms with van der Waals surface area (Å²) < 4.78 is 0.541. The van der Waals surface area contributed by atoms with Gasteiger partial charge < -0.3 is 0 Å². The van der Waals surface area contributed by atoms with E-state index in [1.165, 1.54) is 11.3 Å². The third kappa shape index (κ3) is 1.92. The van der Waals surface area contributed by atoms with Crippen molar-refractivity contribution in [3.63, 3.8) is 0 Å². The topological polar surface area (TPSA) is 12.9 Å². The first-order valence-electron chi connectivity index (χ1n) is 4.08. The lowest BCUT2D eigenvalue weighted by Crippen LogP contribution is -1.81. The van der Waals surface area contributed by atoms with Crippen molar-refractivity contribution in [2.24, 2.45) is 0 Å². The number of aromatic nitrogens is 1. The van der Waals surface area contributed by atoms with Crippen LogP contribution in [-0.4, -0.2) is 4.98 Å². The Balaban J connectivity index is 2.51. The quantitative estimate of drug-likeness (QED) is 0.721. The van der Waals surface area contributed by atoms with Crippen molar-refractivity contribution in [1.29, 1.82) is 0 Å². The molecule has 2 rings (SSSR count). The number of thiazole rings is 1. The third-order valence-electron chi connectivity index (χ3n) is 1.83. The first-order chi connectivity index (χ1) is 6.81. The summed E-state index contributed by atoms with van der Waals surface area (Å²) in [7, 11) is 0. The zero-order valence-electron chi connectivity index (χ0n) is 7.21. The van der Waals surface area contributed by atoms with E-state index in [0.29, 0.717) is 10.3 Å². The molecule has 4 heteroatoms. The van der Waals surface area contributed by atoms with E-state index in [1.807, 2.05) is 30.3 Å². The van der Waals surface area contributed by atoms with Crippen molar-refractivity contribution in [1.82, 2.24) is 4.98 Å². The van der Waals surface area contributed by atoms with Crippen molar-refractivity contribution in [2.45, 2.75) is 5.88 Å². The van der Waals surface area contributed by atoms with Crippen LogP contribution in [0.1, 0.15) is 5.69 Å².